The number of ether oxygens (including phenoxy) is 1. The summed E-state index contributed by atoms with van der Waals surface area (Å²) in [5, 5.41) is 9.68. The van der Waals surface area contributed by atoms with Gasteiger partial charge in [-0.3, -0.25) is 0 Å². The van der Waals surface area contributed by atoms with E-state index in [9.17, 15) is 18.0 Å². The van der Waals surface area contributed by atoms with E-state index in [2.05, 4.69) is 20.5 Å². The molecular weight excluding hydrogens is 385 g/mol. The number of carbonyl (C=O) groups is 1. The molecule has 1 aromatic heterocycles. The fourth-order valence-electron chi connectivity index (χ4n) is 2.77. The predicted molar refractivity (Wildman–Crippen MR) is 103 cm³/mol. The van der Waals surface area contributed by atoms with Crippen molar-refractivity contribution in [2.45, 2.75) is 26.1 Å². The fourth-order valence-corrected chi connectivity index (χ4v) is 2.77. The molecule has 0 fully saturated rings. The van der Waals surface area contributed by atoms with E-state index in [0.717, 1.165) is 29.9 Å². The average molecular weight is 404 g/mol. The summed E-state index contributed by atoms with van der Waals surface area (Å²) < 4.78 is 42.2. The van der Waals surface area contributed by atoms with Gasteiger partial charge in [0.1, 0.15) is 5.75 Å². The molecule has 0 radical (unpaired) electrons. The Bertz CT molecular complexity index is 954. The minimum absolute atomic E-state index is 0.324. The zero-order valence-electron chi connectivity index (χ0n) is 15.5. The number of amides is 2. The van der Waals surface area contributed by atoms with Gasteiger partial charge in [-0.05, 0) is 42.8 Å². The first-order valence-corrected chi connectivity index (χ1v) is 8.92. The zero-order valence-corrected chi connectivity index (χ0v) is 15.5. The Morgan fingerprint density at radius 1 is 1.07 bits per heavy atom. The number of carbonyl (C=O) groups excluding carboxylic acids is 1. The van der Waals surface area contributed by atoms with Crippen LogP contribution in [0.15, 0.2) is 60.8 Å². The number of anilines is 2. The molecule has 0 unspecified atom stereocenters. The summed E-state index contributed by atoms with van der Waals surface area (Å²) in [6.07, 6.45) is -1.64. The second-order valence-electron chi connectivity index (χ2n) is 6.15. The largest absolute Gasteiger partial charge is 0.573 e. The second kappa shape index (κ2) is 8.68. The number of para-hydroxylation sites is 1. The van der Waals surface area contributed by atoms with Gasteiger partial charge in [0, 0.05) is 5.69 Å². The Morgan fingerprint density at radius 2 is 1.76 bits per heavy atom. The Labute approximate surface area is 165 Å². The van der Waals surface area contributed by atoms with Crippen molar-refractivity contribution in [3.05, 3.63) is 66.5 Å². The maximum absolute atomic E-state index is 12.3. The summed E-state index contributed by atoms with van der Waals surface area (Å²) in [7, 11) is 0. The fraction of sp³-hybridized carbons (Fsp3) is 0.200. The molecule has 152 valence electrons. The number of aromatic nitrogens is 2. The molecule has 2 N–H and O–H groups in total. The molecule has 0 aliphatic heterocycles. The number of benzene rings is 2. The second-order valence-corrected chi connectivity index (χ2v) is 6.15. The van der Waals surface area contributed by atoms with Crippen LogP contribution in [-0.2, 0) is 6.42 Å². The zero-order chi connectivity index (χ0) is 20.9. The number of halogens is 3. The molecule has 3 rings (SSSR count). The highest BCUT2D eigenvalue weighted by Crippen LogP contribution is 2.25. The van der Waals surface area contributed by atoms with Crippen LogP contribution in [0.1, 0.15) is 19.0 Å². The van der Waals surface area contributed by atoms with Crippen molar-refractivity contribution < 1.29 is 22.7 Å². The van der Waals surface area contributed by atoms with Crippen LogP contribution < -0.4 is 15.4 Å². The number of urea groups is 1. The first-order chi connectivity index (χ1) is 13.9. The van der Waals surface area contributed by atoms with Crippen LogP contribution in [0.2, 0.25) is 0 Å². The number of hydrogen-bond donors (Lipinski definition) is 2. The maximum atomic E-state index is 12.3. The van der Waals surface area contributed by atoms with Crippen LogP contribution in [0.3, 0.4) is 0 Å². The summed E-state index contributed by atoms with van der Waals surface area (Å²) in [6, 6.07) is 13.9. The van der Waals surface area contributed by atoms with Gasteiger partial charge >= 0.3 is 12.4 Å². The van der Waals surface area contributed by atoms with Crippen LogP contribution >= 0.6 is 0 Å². The molecule has 2 amide bonds. The van der Waals surface area contributed by atoms with Gasteiger partial charge in [0.25, 0.3) is 0 Å². The SMILES string of the molecule is CCCc1c(NC(=O)Nc2ccc(OC(F)(F)F)cc2)cnn1-c1ccccc1. The predicted octanol–water partition coefficient (Wildman–Crippen LogP) is 5.37. The third-order valence-electron chi connectivity index (χ3n) is 3.95. The molecule has 1 heterocycles. The summed E-state index contributed by atoms with van der Waals surface area (Å²) >= 11 is 0. The van der Waals surface area contributed by atoms with Crippen molar-refractivity contribution in [2.24, 2.45) is 0 Å². The molecule has 0 aliphatic carbocycles. The van der Waals surface area contributed by atoms with E-state index in [1.54, 1.807) is 10.9 Å². The third kappa shape index (κ3) is 5.50. The number of alkyl halides is 3. The van der Waals surface area contributed by atoms with Crippen LogP contribution in [0, 0.1) is 0 Å². The first-order valence-electron chi connectivity index (χ1n) is 8.92. The van der Waals surface area contributed by atoms with Crippen molar-refractivity contribution in [1.29, 1.82) is 0 Å². The van der Waals surface area contributed by atoms with Gasteiger partial charge in [0.15, 0.2) is 0 Å². The highest BCUT2D eigenvalue weighted by molar-refractivity contribution is 6.00. The van der Waals surface area contributed by atoms with Gasteiger partial charge in [0.2, 0.25) is 0 Å². The molecule has 29 heavy (non-hydrogen) atoms. The number of nitrogens with one attached hydrogen (secondary N) is 2. The molecule has 6 nitrogen and oxygen atoms in total. The Balaban J connectivity index is 1.70. The maximum Gasteiger partial charge on any atom is 0.573 e. The lowest BCUT2D eigenvalue weighted by Gasteiger charge is -2.12. The van der Waals surface area contributed by atoms with Gasteiger partial charge in [0.05, 0.1) is 23.3 Å². The quantitative estimate of drug-likeness (QED) is 0.581. The van der Waals surface area contributed by atoms with E-state index in [1.165, 1.54) is 12.1 Å². The number of rotatable bonds is 6. The van der Waals surface area contributed by atoms with Gasteiger partial charge in [-0.15, -0.1) is 13.2 Å². The smallest absolute Gasteiger partial charge is 0.406 e. The molecule has 2 aromatic carbocycles. The van der Waals surface area contributed by atoms with E-state index < -0.39 is 12.4 Å². The summed E-state index contributed by atoms with van der Waals surface area (Å²) in [5.41, 5.74) is 2.61. The molecule has 0 aliphatic rings. The molecule has 0 bridgehead atoms. The Kier molecular flexibility index (Phi) is 6.06. The minimum Gasteiger partial charge on any atom is -0.406 e. The van der Waals surface area contributed by atoms with Gasteiger partial charge in [-0.2, -0.15) is 5.10 Å². The van der Waals surface area contributed by atoms with Crippen molar-refractivity contribution in [3.63, 3.8) is 0 Å². The van der Waals surface area contributed by atoms with Crippen molar-refractivity contribution in [2.75, 3.05) is 10.6 Å². The first kappa shape index (κ1) is 20.2. The molecule has 9 heteroatoms. The molecule has 0 spiro atoms. The van der Waals surface area contributed by atoms with Crippen molar-refractivity contribution in [3.8, 4) is 11.4 Å². The van der Waals surface area contributed by atoms with Crippen molar-refractivity contribution in [1.82, 2.24) is 9.78 Å². The minimum atomic E-state index is -4.76. The van der Waals surface area contributed by atoms with Crippen molar-refractivity contribution >= 4 is 17.4 Å². The van der Waals surface area contributed by atoms with E-state index in [1.807, 2.05) is 37.3 Å². The summed E-state index contributed by atoms with van der Waals surface area (Å²) in [6.45, 7) is 2.02. The lowest BCUT2D eigenvalue weighted by atomic mass is 10.2. The van der Waals surface area contributed by atoms with Gasteiger partial charge in [-0.1, -0.05) is 31.5 Å². The summed E-state index contributed by atoms with van der Waals surface area (Å²) in [4.78, 5) is 12.3. The summed E-state index contributed by atoms with van der Waals surface area (Å²) in [5.74, 6) is -0.363. The monoisotopic (exact) mass is 404 g/mol. The highest BCUT2D eigenvalue weighted by Gasteiger charge is 2.31. The van der Waals surface area contributed by atoms with Gasteiger partial charge < -0.3 is 15.4 Å². The van der Waals surface area contributed by atoms with Gasteiger partial charge in [-0.25, -0.2) is 9.48 Å². The molecular formula is C20H19F3N4O2. The van der Waals surface area contributed by atoms with E-state index in [4.69, 9.17) is 0 Å². The van der Waals surface area contributed by atoms with Crippen LogP contribution in [0.25, 0.3) is 5.69 Å². The standard InChI is InChI=1S/C20H19F3N4O2/c1-2-6-18-17(13-24-27(18)15-7-4-3-5-8-15)26-19(28)25-14-9-11-16(12-10-14)29-20(21,22)23/h3-5,7-13H,2,6H2,1H3,(H2,25,26,28). The van der Waals surface area contributed by atoms with Crippen LogP contribution in [0.5, 0.6) is 5.75 Å². The van der Waals surface area contributed by atoms with E-state index >= 15 is 0 Å². The molecule has 0 atom stereocenters. The Morgan fingerprint density at radius 3 is 2.38 bits per heavy atom. The number of hydrogen-bond acceptors (Lipinski definition) is 3. The highest BCUT2D eigenvalue weighted by atomic mass is 19.4. The topological polar surface area (TPSA) is 68.2 Å². The van der Waals surface area contributed by atoms with E-state index in [0.29, 0.717) is 17.8 Å². The Hall–Kier alpha value is -3.49. The lowest BCUT2D eigenvalue weighted by molar-refractivity contribution is -0.274. The normalized spacial score (nSPS) is 11.2. The van der Waals surface area contributed by atoms with E-state index in [-0.39, 0.29) is 5.75 Å². The van der Waals surface area contributed by atoms with Crippen LogP contribution in [-0.4, -0.2) is 22.2 Å². The molecule has 0 saturated heterocycles. The number of nitrogens with zero attached hydrogens (tertiary/aromatic N) is 2. The third-order valence-corrected chi connectivity index (χ3v) is 3.95. The van der Waals surface area contributed by atoms with Crippen LogP contribution in [0.4, 0.5) is 29.3 Å². The lowest BCUT2D eigenvalue weighted by Crippen LogP contribution is -2.20. The average Bonchev–Trinajstić information content (AvgIpc) is 3.05. The molecule has 0 saturated carbocycles. The molecule has 3 aromatic rings.